The van der Waals surface area contributed by atoms with Crippen LogP contribution in [0, 0.1) is 12.3 Å². The number of pyridine rings is 2. The number of aliphatic hydroxyl groups excluding tert-OH is 1. The average molecular weight is 564 g/mol. The molecule has 3 heterocycles. The van der Waals surface area contributed by atoms with Gasteiger partial charge in [-0.2, -0.15) is 0 Å². The maximum absolute atomic E-state index is 13.0. The van der Waals surface area contributed by atoms with Crippen molar-refractivity contribution in [2.45, 2.75) is 6.61 Å². The molecule has 0 atom stereocenters. The van der Waals surface area contributed by atoms with Gasteiger partial charge in [-0.3, -0.25) is 14.4 Å². The molecular formula is C32H29N5O5. The van der Waals surface area contributed by atoms with Crippen molar-refractivity contribution < 1.29 is 19.4 Å². The van der Waals surface area contributed by atoms with Gasteiger partial charge in [0.25, 0.3) is 17.4 Å². The predicted octanol–water partition coefficient (Wildman–Crippen LogP) is 3.39. The van der Waals surface area contributed by atoms with Gasteiger partial charge in [0.15, 0.2) is 0 Å². The van der Waals surface area contributed by atoms with Crippen molar-refractivity contribution in [1.29, 1.82) is 0 Å². The fourth-order valence-electron chi connectivity index (χ4n) is 4.69. The number of aryl methyl sites for hydroxylation is 1. The van der Waals surface area contributed by atoms with Gasteiger partial charge in [0, 0.05) is 60.5 Å². The van der Waals surface area contributed by atoms with E-state index in [9.17, 15) is 19.5 Å². The number of hydrogen-bond acceptors (Lipinski definition) is 7. The van der Waals surface area contributed by atoms with E-state index >= 15 is 0 Å². The van der Waals surface area contributed by atoms with Crippen molar-refractivity contribution in [3.05, 3.63) is 106 Å². The van der Waals surface area contributed by atoms with Crippen molar-refractivity contribution in [1.82, 2.24) is 14.5 Å². The first kappa shape index (κ1) is 28.3. The Hall–Kier alpha value is -5.24. The lowest BCUT2D eigenvalue weighted by Gasteiger charge is -2.26. The number of terminal acetylenes is 1. The first-order valence-electron chi connectivity index (χ1n) is 13.3. The highest BCUT2D eigenvalue weighted by atomic mass is 16.5. The lowest BCUT2D eigenvalue weighted by Crippen LogP contribution is -2.40. The first-order valence-corrected chi connectivity index (χ1v) is 13.3. The summed E-state index contributed by atoms with van der Waals surface area (Å²) in [5.41, 5.74) is 3.68. The van der Waals surface area contributed by atoms with E-state index in [2.05, 4.69) is 21.5 Å². The standard InChI is InChI=1S/C32H29N5O5/c1-3-21-7-9-22(10-8-21)30(39)35-27-6-4-5-25(26(27)20-38)24-17-28(32(41)36(2)19-24)34-29-12-11-23(18-33-29)31(40)37-13-15-42-16-14-37/h1,4-12,17-19,38H,13-16,20H2,2H3,(H,33,34)(H,35,39). The summed E-state index contributed by atoms with van der Waals surface area (Å²) in [7, 11) is 1.62. The van der Waals surface area contributed by atoms with Crippen LogP contribution in [0.1, 0.15) is 31.8 Å². The van der Waals surface area contributed by atoms with Crippen LogP contribution in [0.5, 0.6) is 0 Å². The summed E-state index contributed by atoms with van der Waals surface area (Å²) >= 11 is 0. The van der Waals surface area contributed by atoms with Gasteiger partial charge in [0.1, 0.15) is 11.5 Å². The zero-order chi connectivity index (χ0) is 29.6. The van der Waals surface area contributed by atoms with Crippen LogP contribution in [-0.4, -0.2) is 57.7 Å². The third-order valence-corrected chi connectivity index (χ3v) is 6.96. The number of nitrogens with zero attached hydrogens (tertiary/aromatic N) is 3. The second-order valence-electron chi connectivity index (χ2n) is 9.69. The van der Waals surface area contributed by atoms with E-state index < -0.39 is 0 Å². The molecule has 10 heteroatoms. The van der Waals surface area contributed by atoms with Gasteiger partial charge < -0.3 is 29.9 Å². The summed E-state index contributed by atoms with van der Waals surface area (Å²) in [4.78, 5) is 44.7. The molecule has 212 valence electrons. The number of benzene rings is 2. The molecule has 0 bridgehead atoms. The minimum atomic E-state index is -0.354. The Morgan fingerprint density at radius 1 is 1.05 bits per heavy atom. The third-order valence-electron chi connectivity index (χ3n) is 6.96. The second-order valence-corrected chi connectivity index (χ2v) is 9.69. The summed E-state index contributed by atoms with van der Waals surface area (Å²) in [5.74, 6) is 2.43. The van der Waals surface area contributed by atoms with E-state index in [0.717, 1.165) is 0 Å². The van der Waals surface area contributed by atoms with Crippen LogP contribution in [0.4, 0.5) is 17.2 Å². The number of nitrogens with one attached hydrogen (secondary N) is 2. The van der Waals surface area contributed by atoms with Crippen LogP contribution in [0.25, 0.3) is 11.1 Å². The fourth-order valence-corrected chi connectivity index (χ4v) is 4.69. The van der Waals surface area contributed by atoms with Gasteiger partial charge in [0.05, 0.1) is 25.4 Å². The van der Waals surface area contributed by atoms with E-state index in [4.69, 9.17) is 11.2 Å². The molecule has 0 spiro atoms. The molecule has 2 aromatic heterocycles. The Balaban J connectivity index is 1.39. The SMILES string of the molecule is C#Cc1ccc(C(=O)Nc2cccc(-c3cc(Nc4ccc(C(=O)N5CCOCC5)cn4)c(=O)n(C)c3)c2CO)cc1. The molecule has 2 aromatic carbocycles. The average Bonchev–Trinajstić information content (AvgIpc) is 3.03. The topological polar surface area (TPSA) is 126 Å². The molecule has 0 radical (unpaired) electrons. The number of amides is 2. The first-order chi connectivity index (χ1) is 20.4. The number of anilines is 3. The van der Waals surface area contributed by atoms with Crippen LogP contribution in [0.3, 0.4) is 0 Å². The second kappa shape index (κ2) is 12.5. The molecule has 4 aromatic rings. The van der Waals surface area contributed by atoms with Gasteiger partial charge in [-0.05, 0) is 54.1 Å². The predicted molar refractivity (Wildman–Crippen MR) is 160 cm³/mol. The van der Waals surface area contributed by atoms with E-state index in [1.165, 1.54) is 10.8 Å². The van der Waals surface area contributed by atoms with Gasteiger partial charge in [0.2, 0.25) is 0 Å². The fraction of sp³-hybridized carbons (Fsp3) is 0.188. The minimum Gasteiger partial charge on any atom is -0.392 e. The highest BCUT2D eigenvalue weighted by molar-refractivity contribution is 6.05. The van der Waals surface area contributed by atoms with Crippen molar-refractivity contribution in [3.63, 3.8) is 0 Å². The number of carbonyl (C=O) groups excluding carboxylic acids is 2. The van der Waals surface area contributed by atoms with Crippen LogP contribution >= 0.6 is 0 Å². The summed E-state index contributed by atoms with van der Waals surface area (Å²) in [5, 5.41) is 16.2. The van der Waals surface area contributed by atoms with E-state index in [0.29, 0.717) is 71.2 Å². The van der Waals surface area contributed by atoms with Crippen molar-refractivity contribution in [3.8, 4) is 23.5 Å². The molecule has 10 nitrogen and oxygen atoms in total. The van der Waals surface area contributed by atoms with E-state index in [1.54, 1.807) is 78.8 Å². The van der Waals surface area contributed by atoms with Crippen molar-refractivity contribution in [2.24, 2.45) is 7.05 Å². The molecule has 1 aliphatic rings. The Morgan fingerprint density at radius 2 is 1.79 bits per heavy atom. The molecule has 0 unspecified atom stereocenters. The molecule has 42 heavy (non-hydrogen) atoms. The zero-order valence-corrected chi connectivity index (χ0v) is 23.0. The normalized spacial score (nSPS) is 12.8. The number of aliphatic hydroxyl groups is 1. The molecule has 0 aliphatic carbocycles. The molecule has 1 saturated heterocycles. The molecular weight excluding hydrogens is 534 g/mol. The van der Waals surface area contributed by atoms with Gasteiger partial charge in [-0.25, -0.2) is 4.98 Å². The molecule has 1 fully saturated rings. The van der Waals surface area contributed by atoms with Gasteiger partial charge in [-0.15, -0.1) is 6.42 Å². The lowest BCUT2D eigenvalue weighted by atomic mass is 9.99. The molecule has 1 aliphatic heterocycles. The Bertz CT molecular complexity index is 1720. The van der Waals surface area contributed by atoms with Crippen molar-refractivity contribution in [2.75, 3.05) is 36.9 Å². The Morgan fingerprint density at radius 3 is 2.45 bits per heavy atom. The van der Waals surface area contributed by atoms with Gasteiger partial charge in [-0.1, -0.05) is 18.1 Å². The summed E-state index contributed by atoms with van der Waals surface area (Å²) in [6.07, 6.45) is 8.53. The highest BCUT2D eigenvalue weighted by Crippen LogP contribution is 2.31. The molecule has 3 N–H and O–H groups in total. The van der Waals surface area contributed by atoms with E-state index in [1.807, 2.05) is 0 Å². The number of carbonyl (C=O) groups is 2. The summed E-state index contributed by atoms with van der Waals surface area (Å²) in [6, 6.07) is 16.9. The monoisotopic (exact) mass is 563 g/mol. The third kappa shape index (κ3) is 6.07. The maximum atomic E-state index is 13.0. The van der Waals surface area contributed by atoms with Crippen LogP contribution < -0.4 is 16.2 Å². The Kier molecular flexibility index (Phi) is 8.43. The van der Waals surface area contributed by atoms with Crippen LogP contribution in [0.2, 0.25) is 0 Å². The van der Waals surface area contributed by atoms with E-state index in [-0.39, 0.29) is 29.7 Å². The lowest BCUT2D eigenvalue weighted by molar-refractivity contribution is 0.0302. The number of hydrogen-bond donors (Lipinski definition) is 3. The minimum absolute atomic E-state index is 0.122. The number of aromatic nitrogens is 2. The maximum Gasteiger partial charge on any atom is 0.274 e. The molecule has 0 saturated carbocycles. The number of ether oxygens (including phenoxy) is 1. The largest absolute Gasteiger partial charge is 0.392 e. The number of morpholine rings is 1. The van der Waals surface area contributed by atoms with Crippen LogP contribution in [0.15, 0.2) is 77.9 Å². The smallest absolute Gasteiger partial charge is 0.274 e. The number of rotatable bonds is 7. The summed E-state index contributed by atoms with van der Waals surface area (Å²) < 4.78 is 6.73. The molecule has 2 amide bonds. The quantitative estimate of drug-likeness (QED) is 0.294. The molecule has 5 rings (SSSR count). The van der Waals surface area contributed by atoms with Crippen LogP contribution in [-0.2, 0) is 18.4 Å². The summed E-state index contributed by atoms with van der Waals surface area (Å²) in [6.45, 7) is 1.72. The van der Waals surface area contributed by atoms with Gasteiger partial charge >= 0.3 is 0 Å². The van der Waals surface area contributed by atoms with Crippen molar-refractivity contribution >= 4 is 29.0 Å². The highest BCUT2D eigenvalue weighted by Gasteiger charge is 2.19. The zero-order valence-electron chi connectivity index (χ0n) is 23.0. The Labute approximate surface area is 242 Å².